The number of likely N-dealkylation sites (tertiary alicyclic amines) is 1. The molecule has 4 rings (SSSR count). The summed E-state index contributed by atoms with van der Waals surface area (Å²) >= 11 is 0. The predicted molar refractivity (Wildman–Crippen MR) is 75.6 cm³/mol. The maximum absolute atomic E-state index is 12.6. The second-order valence-corrected chi connectivity index (χ2v) is 6.01. The Kier molecular flexibility index (Phi) is 2.57. The zero-order valence-corrected chi connectivity index (χ0v) is 11.4. The van der Waals surface area contributed by atoms with Gasteiger partial charge >= 0.3 is 0 Å². The van der Waals surface area contributed by atoms with Crippen LogP contribution in [0.1, 0.15) is 23.2 Å². The number of carbonyl (C=O) groups is 1. The van der Waals surface area contributed by atoms with Gasteiger partial charge in [0.25, 0.3) is 5.91 Å². The topological polar surface area (TPSA) is 49.6 Å². The van der Waals surface area contributed by atoms with Crippen LogP contribution < -0.4 is 5.32 Å². The van der Waals surface area contributed by atoms with Gasteiger partial charge in [0.2, 0.25) is 0 Å². The number of hydrogen-bond acceptors (Lipinski definition) is 3. The van der Waals surface area contributed by atoms with Crippen molar-refractivity contribution >= 4 is 11.6 Å². The van der Waals surface area contributed by atoms with Crippen molar-refractivity contribution in [3.63, 3.8) is 0 Å². The summed E-state index contributed by atoms with van der Waals surface area (Å²) in [5, 5.41) is 3.42. The number of carbonyl (C=O) groups excluding carboxylic acids is 1. The molecule has 2 saturated heterocycles. The first-order valence-corrected chi connectivity index (χ1v) is 7.19. The number of amides is 1. The summed E-state index contributed by atoms with van der Waals surface area (Å²) in [5.41, 5.74) is 1.95. The van der Waals surface area contributed by atoms with Gasteiger partial charge in [-0.15, -0.1) is 0 Å². The second kappa shape index (κ2) is 4.31. The molecule has 1 unspecified atom stereocenters. The van der Waals surface area contributed by atoms with E-state index >= 15 is 0 Å². The van der Waals surface area contributed by atoms with Gasteiger partial charge in [-0.3, -0.25) is 4.79 Å². The van der Waals surface area contributed by atoms with Crippen LogP contribution in [0.15, 0.2) is 30.7 Å². The average Bonchev–Trinajstić information content (AvgIpc) is 3.19. The number of hydrogen-bond donors (Lipinski definition) is 1. The van der Waals surface area contributed by atoms with Crippen molar-refractivity contribution in [2.24, 2.45) is 5.41 Å². The largest absolute Gasteiger partial charge is 0.338 e. The number of nitrogens with zero attached hydrogens (tertiary/aromatic N) is 3. The van der Waals surface area contributed by atoms with E-state index < -0.39 is 0 Å². The van der Waals surface area contributed by atoms with Gasteiger partial charge in [0.15, 0.2) is 0 Å². The normalized spacial score (nSPS) is 25.9. The molecule has 2 aromatic rings. The Hall–Kier alpha value is -1.88. The van der Waals surface area contributed by atoms with Gasteiger partial charge in [-0.2, -0.15) is 0 Å². The van der Waals surface area contributed by atoms with Gasteiger partial charge in [-0.1, -0.05) is 0 Å². The Bertz CT molecular complexity index is 657. The maximum Gasteiger partial charge on any atom is 0.255 e. The van der Waals surface area contributed by atoms with Crippen molar-refractivity contribution in [2.75, 3.05) is 26.2 Å². The molecule has 2 aromatic heterocycles. The summed E-state index contributed by atoms with van der Waals surface area (Å²) in [6.07, 6.45) is 7.82. The number of aromatic nitrogens is 2. The van der Waals surface area contributed by atoms with Crippen LogP contribution in [0.4, 0.5) is 0 Å². The molecule has 2 aliphatic rings. The van der Waals surface area contributed by atoms with E-state index in [9.17, 15) is 4.79 Å². The molecule has 0 radical (unpaired) electrons. The molecule has 1 N–H and O–H groups in total. The highest BCUT2D eigenvalue weighted by Crippen LogP contribution is 2.36. The minimum atomic E-state index is 0.143. The third kappa shape index (κ3) is 1.81. The first kappa shape index (κ1) is 11.9. The molecular weight excluding hydrogens is 252 g/mol. The molecule has 1 spiro atoms. The molecule has 104 valence electrons. The highest BCUT2D eigenvalue weighted by Gasteiger charge is 2.41. The van der Waals surface area contributed by atoms with E-state index in [0.29, 0.717) is 5.41 Å². The van der Waals surface area contributed by atoms with Gasteiger partial charge < -0.3 is 14.6 Å². The number of fused-ring (bicyclic) bond motifs is 1. The van der Waals surface area contributed by atoms with E-state index in [1.165, 1.54) is 6.42 Å². The van der Waals surface area contributed by atoms with Crippen molar-refractivity contribution < 1.29 is 4.79 Å². The fraction of sp³-hybridized carbons (Fsp3) is 0.467. The van der Waals surface area contributed by atoms with E-state index in [-0.39, 0.29) is 5.91 Å². The third-order valence-electron chi connectivity index (χ3n) is 4.69. The van der Waals surface area contributed by atoms with Crippen LogP contribution >= 0.6 is 0 Å². The number of nitrogens with one attached hydrogen (secondary N) is 1. The zero-order valence-electron chi connectivity index (χ0n) is 11.4. The minimum Gasteiger partial charge on any atom is -0.338 e. The monoisotopic (exact) mass is 270 g/mol. The summed E-state index contributed by atoms with van der Waals surface area (Å²) in [6.45, 7) is 3.91. The Labute approximate surface area is 117 Å². The summed E-state index contributed by atoms with van der Waals surface area (Å²) < 4.78 is 1.90. The maximum atomic E-state index is 12.6. The predicted octanol–water partition coefficient (Wildman–Crippen LogP) is 1.16. The molecule has 2 aliphatic heterocycles. The van der Waals surface area contributed by atoms with Crippen LogP contribution in [-0.4, -0.2) is 46.4 Å². The fourth-order valence-electron chi connectivity index (χ4n) is 3.48. The van der Waals surface area contributed by atoms with Crippen LogP contribution in [0, 0.1) is 5.41 Å². The molecule has 5 heteroatoms. The van der Waals surface area contributed by atoms with Crippen LogP contribution in [0.5, 0.6) is 0 Å². The van der Waals surface area contributed by atoms with E-state index in [4.69, 9.17) is 0 Å². The smallest absolute Gasteiger partial charge is 0.255 e. The molecular formula is C15H18N4O. The fourth-order valence-corrected chi connectivity index (χ4v) is 3.48. The van der Waals surface area contributed by atoms with Crippen LogP contribution in [0.25, 0.3) is 5.65 Å². The van der Waals surface area contributed by atoms with Crippen molar-refractivity contribution in [3.8, 4) is 0 Å². The zero-order chi connectivity index (χ0) is 13.6. The van der Waals surface area contributed by atoms with E-state index in [1.807, 2.05) is 33.8 Å². The SMILES string of the molecule is O=C(c1ccc2nccn2c1)N1CCC2(CCNC2)C1. The van der Waals surface area contributed by atoms with E-state index in [1.54, 1.807) is 6.20 Å². The van der Waals surface area contributed by atoms with Gasteiger partial charge in [-0.25, -0.2) is 4.98 Å². The van der Waals surface area contributed by atoms with Crippen molar-refractivity contribution in [3.05, 3.63) is 36.3 Å². The lowest BCUT2D eigenvalue weighted by molar-refractivity contribution is 0.0775. The average molecular weight is 270 g/mol. The van der Waals surface area contributed by atoms with Crippen LogP contribution in [-0.2, 0) is 0 Å². The highest BCUT2D eigenvalue weighted by molar-refractivity contribution is 5.94. The molecule has 0 aromatic carbocycles. The van der Waals surface area contributed by atoms with Gasteiger partial charge in [0.1, 0.15) is 5.65 Å². The first-order valence-electron chi connectivity index (χ1n) is 7.19. The summed E-state index contributed by atoms with van der Waals surface area (Å²) in [7, 11) is 0. The van der Waals surface area contributed by atoms with Crippen LogP contribution in [0.3, 0.4) is 0 Å². The molecule has 0 saturated carbocycles. The molecule has 0 bridgehead atoms. The molecule has 20 heavy (non-hydrogen) atoms. The molecule has 5 nitrogen and oxygen atoms in total. The number of rotatable bonds is 1. The molecule has 1 amide bonds. The summed E-state index contributed by atoms with van der Waals surface area (Å²) in [4.78, 5) is 18.8. The van der Waals surface area contributed by atoms with Gasteiger partial charge in [0.05, 0.1) is 5.56 Å². The van der Waals surface area contributed by atoms with Gasteiger partial charge in [-0.05, 0) is 31.5 Å². The molecule has 2 fully saturated rings. The Balaban J connectivity index is 1.57. The lowest BCUT2D eigenvalue weighted by Gasteiger charge is -2.22. The Morgan fingerprint density at radius 1 is 1.35 bits per heavy atom. The molecule has 4 heterocycles. The summed E-state index contributed by atoms with van der Waals surface area (Å²) in [5.74, 6) is 0.143. The quantitative estimate of drug-likeness (QED) is 0.846. The van der Waals surface area contributed by atoms with Crippen LogP contribution in [0.2, 0.25) is 0 Å². The summed E-state index contributed by atoms with van der Waals surface area (Å²) in [6, 6.07) is 3.78. The standard InChI is InChI=1S/C15H18N4O/c20-14(12-1-2-13-17-6-8-18(13)9-12)19-7-4-15(11-19)3-5-16-10-15/h1-2,6,8-9,16H,3-5,7,10-11H2. The molecule has 0 aliphatic carbocycles. The Morgan fingerprint density at radius 2 is 2.30 bits per heavy atom. The van der Waals surface area contributed by atoms with Crippen molar-refractivity contribution in [1.29, 1.82) is 0 Å². The van der Waals surface area contributed by atoms with E-state index in [0.717, 1.165) is 43.8 Å². The minimum absolute atomic E-state index is 0.143. The Morgan fingerprint density at radius 3 is 3.15 bits per heavy atom. The second-order valence-electron chi connectivity index (χ2n) is 6.01. The lowest BCUT2D eigenvalue weighted by atomic mass is 9.86. The lowest BCUT2D eigenvalue weighted by Crippen LogP contribution is -2.33. The van der Waals surface area contributed by atoms with Crippen molar-refractivity contribution in [2.45, 2.75) is 12.8 Å². The van der Waals surface area contributed by atoms with E-state index in [2.05, 4.69) is 10.3 Å². The number of imidazole rings is 1. The van der Waals surface area contributed by atoms with Crippen molar-refractivity contribution in [1.82, 2.24) is 19.6 Å². The third-order valence-corrected chi connectivity index (χ3v) is 4.69. The van der Waals surface area contributed by atoms with Gasteiger partial charge in [0, 0.05) is 43.6 Å². The highest BCUT2D eigenvalue weighted by atomic mass is 16.2. The first-order chi connectivity index (χ1) is 9.76. The molecule has 1 atom stereocenters. The number of pyridine rings is 1.